The van der Waals surface area contributed by atoms with E-state index in [-0.39, 0.29) is 10.8 Å². The molecule has 0 N–H and O–H groups in total. The van der Waals surface area contributed by atoms with Crippen LogP contribution in [0.2, 0.25) is 0 Å². The van der Waals surface area contributed by atoms with Crippen molar-refractivity contribution in [2.45, 2.75) is 50.9 Å². The van der Waals surface area contributed by atoms with Crippen molar-refractivity contribution in [1.82, 2.24) is 0 Å². The van der Waals surface area contributed by atoms with Crippen LogP contribution in [0, 0.1) is 0 Å². The Morgan fingerprint density at radius 2 is 0.871 bits per heavy atom. The normalized spacial score (nSPS) is 14.5. The van der Waals surface area contributed by atoms with Gasteiger partial charge in [-0.2, -0.15) is 0 Å². The average Bonchev–Trinajstić information content (AvgIpc) is 3.99. The second-order valence-corrected chi connectivity index (χ2v) is 18.8. The third-order valence-corrected chi connectivity index (χ3v) is 14.1. The van der Waals surface area contributed by atoms with Crippen molar-refractivity contribution >= 4 is 17.1 Å². The van der Waals surface area contributed by atoms with Crippen LogP contribution in [0.4, 0.5) is 17.1 Å². The average molecular weight is 798 g/mol. The molecule has 0 bridgehead atoms. The Kier molecular flexibility index (Phi) is 7.79. The highest BCUT2D eigenvalue weighted by molar-refractivity contribution is 6.03. The van der Waals surface area contributed by atoms with E-state index in [9.17, 15) is 0 Å². The Morgan fingerprint density at radius 1 is 0.403 bits per heavy atom. The maximum atomic E-state index is 7.54. The SMILES string of the molecule is CC(C)(C)c1ccc(N(c2ccc3c(c2)C(C)(C)c2ccccc2-3)c2ccc3c(c2)C2(c4ccccc4-c4ccccc42)c2oc(-c4ccccc4)c(-c4ccccc4)c2-3)cc1. The molecule has 0 amide bonds. The van der Waals surface area contributed by atoms with Gasteiger partial charge in [-0.15, -0.1) is 0 Å². The Hall–Kier alpha value is -7.16. The summed E-state index contributed by atoms with van der Waals surface area (Å²) in [6.07, 6.45) is 0. The molecule has 62 heavy (non-hydrogen) atoms. The van der Waals surface area contributed by atoms with E-state index in [4.69, 9.17) is 4.42 Å². The Labute approximate surface area is 364 Å². The number of rotatable bonds is 5. The molecule has 0 unspecified atom stereocenters. The van der Waals surface area contributed by atoms with E-state index in [2.05, 4.69) is 234 Å². The fourth-order valence-corrected chi connectivity index (χ4v) is 11.1. The zero-order chi connectivity index (χ0) is 42.0. The third kappa shape index (κ3) is 5.04. The monoisotopic (exact) mass is 797 g/mol. The second-order valence-electron chi connectivity index (χ2n) is 18.8. The quantitative estimate of drug-likeness (QED) is 0.172. The van der Waals surface area contributed by atoms with Crippen LogP contribution in [-0.2, 0) is 16.2 Å². The smallest absolute Gasteiger partial charge is 0.142 e. The molecule has 1 spiro atoms. The predicted molar refractivity (Wildman–Crippen MR) is 257 cm³/mol. The van der Waals surface area contributed by atoms with Crippen molar-refractivity contribution < 1.29 is 4.42 Å². The van der Waals surface area contributed by atoms with Gasteiger partial charge in [0.15, 0.2) is 0 Å². The van der Waals surface area contributed by atoms with Gasteiger partial charge in [-0.25, -0.2) is 0 Å². The fourth-order valence-electron chi connectivity index (χ4n) is 11.1. The number of hydrogen-bond donors (Lipinski definition) is 0. The van der Waals surface area contributed by atoms with E-state index >= 15 is 0 Å². The van der Waals surface area contributed by atoms with Crippen LogP contribution in [0.5, 0.6) is 0 Å². The van der Waals surface area contributed by atoms with Gasteiger partial charge in [0, 0.05) is 39.2 Å². The van der Waals surface area contributed by atoms with Gasteiger partial charge in [-0.05, 0) is 109 Å². The minimum atomic E-state index is -0.687. The highest BCUT2D eigenvalue weighted by Gasteiger charge is 2.56. The fraction of sp³-hybridized carbons (Fsp3) is 0.133. The van der Waals surface area contributed by atoms with Gasteiger partial charge in [0.2, 0.25) is 0 Å². The summed E-state index contributed by atoms with van der Waals surface area (Å²) in [5.41, 5.74) is 21.2. The summed E-state index contributed by atoms with van der Waals surface area (Å²) in [6, 6.07) is 71.9. The number of benzene rings is 8. The molecule has 9 aromatic rings. The lowest BCUT2D eigenvalue weighted by Gasteiger charge is -2.32. The van der Waals surface area contributed by atoms with Gasteiger partial charge in [0.05, 0.1) is 0 Å². The molecule has 12 rings (SSSR count). The maximum absolute atomic E-state index is 7.54. The van der Waals surface area contributed by atoms with E-state index in [1.54, 1.807) is 0 Å². The molecule has 3 aliphatic rings. The summed E-state index contributed by atoms with van der Waals surface area (Å²) in [6.45, 7) is 11.6. The van der Waals surface area contributed by atoms with Gasteiger partial charge in [0.25, 0.3) is 0 Å². The molecular formula is C60H47NO. The molecule has 8 aromatic carbocycles. The first kappa shape index (κ1) is 36.7. The van der Waals surface area contributed by atoms with Gasteiger partial charge < -0.3 is 9.32 Å². The van der Waals surface area contributed by atoms with Gasteiger partial charge in [0.1, 0.15) is 16.9 Å². The molecule has 0 atom stereocenters. The van der Waals surface area contributed by atoms with Gasteiger partial charge in [-0.1, -0.05) is 192 Å². The lowest BCUT2D eigenvalue weighted by Crippen LogP contribution is -2.26. The molecule has 2 heteroatoms. The molecule has 0 aliphatic heterocycles. The van der Waals surface area contributed by atoms with E-state index in [0.29, 0.717) is 0 Å². The minimum Gasteiger partial charge on any atom is -0.458 e. The standard InChI is InChI=1S/C60H47NO/c1-58(2,3)40-28-30-41(31-29-40)61(42-32-34-47-44-22-12-15-25-49(44)59(4,5)52(47)36-42)43-33-35-48-53(37-43)60(50-26-16-13-23-45(50)46-24-14-17-27-51(46)60)57-55(48)54(38-18-8-6-9-19-38)56(62-57)39-20-10-7-11-21-39/h6-37H,1-5H3. The summed E-state index contributed by atoms with van der Waals surface area (Å²) in [5, 5.41) is 0. The third-order valence-electron chi connectivity index (χ3n) is 14.1. The number of furan rings is 1. The lowest BCUT2D eigenvalue weighted by atomic mass is 9.73. The van der Waals surface area contributed by atoms with Crippen LogP contribution in [0.3, 0.4) is 0 Å². The highest BCUT2D eigenvalue weighted by Crippen LogP contribution is 2.66. The second kappa shape index (κ2) is 13.2. The molecule has 0 fully saturated rings. The zero-order valence-corrected chi connectivity index (χ0v) is 35.8. The van der Waals surface area contributed by atoms with Gasteiger partial charge >= 0.3 is 0 Å². The van der Waals surface area contributed by atoms with Crippen molar-refractivity contribution in [1.29, 1.82) is 0 Å². The predicted octanol–water partition coefficient (Wildman–Crippen LogP) is 16.0. The van der Waals surface area contributed by atoms with Crippen molar-refractivity contribution in [2.75, 3.05) is 4.90 Å². The molecule has 0 radical (unpaired) electrons. The van der Waals surface area contributed by atoms with E-state index in [0.717, 1.165) is 45.3 Å². The van der Waals surface area contributed by atoms with Crippen molar-refractivity contribution in [3.8, 4) is 55.8 Å². The molecule has 3 aliphatic carbocycles. The number of hydrogen-bond acceptors (Lipinski definition) is 2. The van der Waals surface area contributed by atoms with Crippen LogP contribution in [0.1, 0.15) is 73.8 Å². The maximum Gasteiger partial charge on any atom is 0.142 e. The molecule has 0 saturated heterocycles. The molecule has 0 saturated carbocycles. The summed E-state index contributed by atoms with van der Waals surface area (Å²) >= 11 is 0. The van der Waals surface area contributed by atoms with E-state index in [1.807, 2.05) is 0 Å². The van der Waals surface area contributed by atoms with Gasteiger partial charge in [-0.3, -0.25) is 0 Å². The number of fused-ring (bicyclic) bond motifs is 13. The molecule has 2 nitrogen and oxygen atoms in total. The zero-order valence-electron chi connectivity index (χ0n) is 35.8. The van der Waals surface area contributed by atoms with Crippen LogP contribution >= 0.6 is 0 Å². The summed E-state index contributed by atoms with van der Waals surface area (Å²) in [7, 11) is 0. The van der Waals surface area contributed by atoms with E-state index in [1.165, 1.54) is 66.8 Å². The number of nitrogens with zero attached hydrogens (tertiary/aromatic N) is 1. The Balaban J connectivity index is 1.15. The highest BCUT2D eigenvalue weighted by atomic mass is 16.3. The molecule has 1 aromatic heterocycles. The summed E-state index contributed by atoms with van der Waals surface area (Å²) in [4.78, 5) is 2.47. The summed E-state index contributed by atoms with van der Waals surface area (Å²) in [5.74, 6) is 1.89. The van der Waals surface area contributed by atoms with Crippen LogP contribution in [0.25, 0.3) is 55.8 Å². The van der Waals surface area contributed by atoms with Crippen molar-refractivity contribution in [3.05, 3.63) is 233 Å². The first-order valence-electron chi connectivity index (χ1n) is 21.9. The largest absolute Gasteiger partial charge is 0.458 e. The topological polar surface area (TPSA) is 16.4 Å². The first-order valence-corrected chi connectivity index (χ1v) is 21.9. The van der Waals surface area contributed by atoms with E-state index < -0.39 is 5.41 Å². The van der Waals surface area contributed by atoms with Crippen LogP contribution in [-0.4, -0.2) is 0 Å². The van der Waals surface area contributed by atoms with Crippen LogP contribution in [0.15, 0.2) is 199 Å². The molecule has 298 valence electrons. The Bertz CT molecular complexity index is 3190. The lowest BCUT2D eigenvalue weighted by molar-refractivity contribution is 0.485. The molecule has 1 heterocycles. The van der Waals surface area contributed by atoms with Crippen LogP contribution < -0.4 is 4.90 Å². The minimum absolute atomic E-state index is 0.0325. The Morgan fingerprint density at radius 3 is 1.47 bits per heavy atom. The van der Waals surface area contributed by atoms with Crippen molar-refractivity contribution in [2.24, 2.45) is 0 Å². The summed E-state index contributed by atoms with van der Waals surface area (Å²) < 4.78 is 7.54. The molecular weight excluding hydrogens is 751 g/mol. The van der Waals surface area contributed by atoms with Crippen molar-refractivity contribution in [3.63, 3.8) is 0 Å². The first-order chi connectivity index (χ1) is 30.2. The number of anilines is 3.